The number of hydrogen-bond acceptors (Lipinski definition) is 5. The van der Waals surface area contributed by atoms with Crippen LogP contribution in [0.3, 0.4) is 0 Å². The Morgan fingerprint density at radius 1 is 1.42 bits per heavy atom. The van der Waals surface area contributed by atoms with Gasteiger partial charge in [-0.1, -0.05) is 0 Å². The van der Waals surface area contributed by atoms with Crippen molar-refractivity contribution in [3.05, 3.63) is 23.9 Å². The molecule has 3 aliphatic rings. The van der Waals surface area contributed by atoms with Crippen molar-refractivity contribution in [1.29, 1.82) is 0 Å². The third-order valence-electron chi connectivity index (χ3n) is 4.15. The van der Waals surface area contributed by atoms with Gasteiger partial charge in [-0.25, -0.2) is 4.99 Å². The molecule has 1 aliphatic carbocycles. The molecule has 1 N–H and O–H groups in total. The summed E-state index contributed by atoms with van der Waals surface area (Å²) in [6, 6.07) is 0. The van der Waals surface area contributed by atoms with Crippen LogP contribution in [0.5, 0.6) is 0 Å². The second-order valence-electron chi connectivity index (χ2n) is 5.79. The Morgan fingerprint density at radius 2 is 2.17 bits per heavy atom. The molecule has 2 heterocycles. The molecule has 0 radical (unpaired) electrons. The normalized spacial score (nSPS) is 23.6. The molecule has 1 unspecified atom stereocenters. The van der Waals surface area contributed by atoms with Crippen LogP contribution in [-0.4, -0.2) is 71.8 Å². The first-order valence-corrected chi connectivity index (χ1v) is 8.38. The number of amides is 2. The van der Waals surface area contributed by atoms with Crippen LogP contribution >= 0.6 is 12.2 Å². The summed E-state index contributed by atoms with van der Waals surface area (Å²) >= 11 is 5.23. The van der Waals surface area contributed by atoms with Gasteiger partial charge in [-0.2, -0.15) is 0 Å². The highest BCUT2D eigenvalue weighted by Crippen LogP contribution is 2.24. The Morgan fingerprint density at radius 3 is 2.88 bits per heavy atom. The topological polar surface area (TPSA) is 74.2 Å². The summed E-state index contributed by atoms with van der Waals surface area (Å²) in [5.74, 6) is -0.646. The maximum absolute atomic E-state index is 12.8. The maximum Gasteiger partial charge on any atom is 0.241 e. The first-order valence-electron chi connectivity index (χ1n) is 7.97. The minimum atomic E-state index is -0.420. The van der Waals surface area contributed by atoms with Gasteiger partial charge in [-0.15, -0.1) is 0 Å². The van der Waals surface area contributed by atoms with E-state index in [2.05, 4.69) is 15.2 Å². The molecule has 3 rings (SSSR count). The van der Waals surface area contributed by atoms with Gasteiger partial charge >= 0.3 is 0 Å². The number of fused-ring (bicyclic) bond motifs is 1. The zero-order valence-electron chi connectivity index (χ0n) is 13.5. The highest BCUT2D eigenvalue weighted by Gasteiger charge is 2.35. The molecule has 0 aromatic rings. The number of aliphatic imine (C=N–C) groups is 1. The van der Waals surface area contributed by atoms with E-state index in [1.54, 1.807) is 0 Å². The Labute approximate surface area is 146 Å². The Kier molecular flexibility index (Phi) is 5.06. The lowest BCUT2D eigenvalue weighted by Gasteiger charge is -2.35. The number of hydrogen-bond donors (Lipinski definition) is 1. The van der Waals surface area contributed by atoms with Gasteiger partial charge in [0, 0.05) is 38.8 Å². The molecule has 8 heteroatoms. The molecule has 0 bridgehead atoms. The van der Waals surface area contributed by atoms with Crippen molar-refractivity contribution in [1.82, 2.24) is 15.1 Å². The van der Waals surface area contributed by atoms with E-state index in [-0.39, 0.29) is 16.9 Å². The summed E-state index contributed by atoms with van der Waals surface area (Å²) in [4.78, 5) is 31.8. The summed E-state index contributed by atoms with van der Waals surface area (Å²) in [5, 5.41) is 2.93. The van der Waals surface area contributed by atoms with Crippen molar-refractivity contribution in [2.24, 2.45) is 10.9 Å². The van der Waals surface area contributed by atoms with Crippen molar-refractivity contribution in [3.8, 4) is 0 Å². The van der Waals surface area contributed by atoms with Crippen molar-refractivity contribution in [3.63, 3.8) is 0 Å². The van der Waals surface area contributed by atoms with E-state index in [9.17, 15) is 9.59 Å². The van der Waals surface area contributed by atoms with Gasteiger partial charge in [0.2, 0.25) is 16.9 Å². The molecule has 0 spiro atoms. The van der Waals surface area contributed by atoms with Gasteiger partial charge in [-0.3, -0.25) is 14.5 Å². The van der Waals surface area contributed by atoms with Crippen LogP contribution in [0.4, 0.5) is 0 Å². The number of nitrogens with one attached hydrogen (secondary N) is 1. The zero-order chi connectivity index (χ0) is 17.1. The lowest BCUT2D eigenvalue weighted by atomic mass is 9.93. The molecule has 2 amide bonds. The predicted molar refractivity (Wildman–Crippen MR) is 93.5 cm³/mol. The van der Waals surface area contributed by atoms with E-state index >= 15 is 0 Å². The van der Waals surface area contributed by atoms with Gasteiger partial charge in [0.05, 0.1) is 18.9 Å². The molecular weight excluding hydrogens is 328 g/mol. The van der Waals surface area contributed by atoms with Crippen LogP contribution in [0.1, 0.15) is 6.92 Å². The molecule has 1 saturated heterocycles. The number of morpholine rings is 1. The summed E-state index contributed by atoms with van der Waals surface area (Å²) in [6.07, 6.45) is 5.79. The fourth-order valence-electron chi connectivity index (χ4n) is 2.91. The van der Waals surface area contributed by atoms with Crippen molar-refractivity contribution >= 4 is 34.9 Å². The third kappa shape index (κ3) is 3.54. The van der Waals surface area contributed by atoms with Crippen LogP contribution in [0.15, 0.2) is 28.9 Å². The Bertz CT molecular complexity index is 650. The molecule has 2 aliphatic heterocycles. The molecule has 1 atom stereocenters. The number of carbonyl (C=O) groups is 2. The van der Waals surface area contributed by atoms with Crippen molar-refractivity contribution in [2.75, 3.05) is 39.4 Å². The molecule has 128 valence electrons. The average Bonchev–Trinajstić information content (AvgIpc) is 2.58. The van der Waals surface area contributed by atoms with E-state index < -0.39 is 5.92 Å². The smallest absolute Gasteiger partial charge is 0.241 e. The minimum Gasteiger partial charge on any atom is -0.378 e. The quantitative estimate of drug-likeness (QED) is 0.729. The number of rotatable bonds is 4. The fraction of sp³-hybridized carbons (Fsp3) is 0.500. The summed E-state index contributed by atoms with van der Waals surface area (Å²) in [7, 11) is 0. The highest BCUT2D eigenvalue weighted by atomic mass is 32.1. The van der Waals surface area contributed by atoms with Gasteiger partial charge in [0.25, 0.3) is 0 Å². The number of carbonyl (C=O) groups excluding carboxylic acids is 2. The summed E-state index contributed by atoms with van der Waals surface area (Å²) < 4.78 is 5.37. The first kappa shape index (κ1) is 16.8. The van der Waals surface area contributed by atoms with Crippen LogP contribution < -0.4 is 5.32 Å². The molecule has 7 nitrogen and oxygen atoms in total. The third-order valence-corrected chi connectivity index (χ3v) is 4.47. The standard InChI is InChI=1S/C16H20N4O3S/c1-11(21)17-4-5-20-15(22)13-10-12(19-6-8-23-9-7-19)2-3-14(13)18-16(20)24/h2-3,10,13H,4-9H2,1H3,(H,17,21). The van der Waals surface area contributed by atoms with E-state index in [1.807, 2.05) is 18.2 Å². The summed E-state index contributed by atoms with van der Waals surface area (Å²) in [5.41, 5.74) is 1.70. The fourth-order valence-corrected chi connectivity index (χ4v) is 3.19. The van der Waals surface area contributed by atoms with Crippen LogP contribution in [0.2, 0.25) is 0 Å². The molecule has 24 heavy (non-hydrogen) atoms. The monoisotopic (exact) mass is 348 g/mol. The lowest BCUT2D eigenvalue weighted by Crippen LogP contribution is -2.49. The van der Waals surface area contributed by atoms with Gasteiger partial charge in [0.15, 0.2) is 0 Å². The van der Waals surface area contributed by atoms with Crippen LogP contribution in [0, 0.1) is 5.92 Å². The van der Waals surface area contributed by atoms with E-state index in [0.717, 1.165) is 18.8 Å². The number of thiocarbonyl (C=S) groups is 1. The van der Waals surface area contributed by atoms with Gasteiger partial charge < -0.3 is 15.0 Å². The van der Waals surface area contributed by atoms with Crippen molar-refractivity contribution < 1.29 is 14.3 Å². The van der Waals surface area contributed by atoms with E-state index in [1.165, 1.54) is 11.8 Å². The van der Waals surface area contributed by atoms with Crippen LogP contribution in [-0.2, 0) is 14.3 Å². The number of nitrogens with zero attached hydrogens (tertiary/aromatic N) is 3. The number of allylic oxidation sites excluding steroid dienone is 2. The predicted octanol–water partition coefficient (Wildman–Crippen LogP) is 0.0927. The second-order valence-corrected chi connectivity index (χ2v) is 6.16. The maximum atomic E-state index is 12.8. The summed E-state index contributed by atoms with van der Waals surface area (Å²) in [6.45, 7) is 5.14. The molecule has 0 saturated carbocycles. The van der Waals surface area contributed by atoms with E-state index in [0.29, 0.717) is 32.0 Å². The number of ether oxygens (including phenoxy) is 1. The van der Waals surface area contributed by atoms with Gasteiger partial charge in [0.1, 0.15) is 5.92 Å². The molecule has 0 aromatic heterocycles. The average molecular weight is 348 g/mol. The largest absolute Gasteiger partial charge is 0.378 e. The zero-order valence-corrected chi connectivity index (χ0v) is 14.3. The molecule has 0 aromatic carbocycles. The first-order chi connectivity index (χ1) is 11.6. The van der Waals surface area contributed by atoms with E-state index in [4.69, 9.17) is 17.0 Å². The van der Waals surface area contributed by atoms with Gasteiger partial charge in [-0.05, 0) is 30.4 Å². The molecule has 1 fully saturated rings. The Balaban J connectivity index is 1.74. The van der Waals surface area contributed by atoms with Crippen molar-refractivity contribution in [2.45, 2.75) is 6.92 Å². The highest BCUT2D eigenvalue weighted by molar-refractivity contribution is 7.80. The Hall–Kier alpha value is -2.06. The SMILES string of the molecule is CC(=O)NCCN1C(=O)C2C=C(N3CCOCC3)C=CC2=NC1=S. The minimum absolute atomic E-state index is 0.0922. The van der Waals surface area contributed by atoms with Crippen LogP contribution in [0.25, 0.3) is 0 Å². The lowest BCUT2D eigenvalue weighted by molar-refractivity contribution is -0.129. The molecular formula is C16H20N4O3S. The second kappa shape index (κ2) is 7.23.